The number of aryl methyl sites for hydroxylation is 3. The molecule has 0 spiro atoms. The summed E-state index contributed by atoms with van der Waals surface area (Å²) in [6.07, 6.45) is 5.99. The van der Waals surface area contributed by atoms with E-state index in [1.165, 1.54) is 0 Å². The van der Waals surface area contributed by atoms with Crippen LogP contribution >= 0.6 is 0 Å². The number of methoxy groups -OCH3 is 2. The molecule has 206 valence electrons. The Bertz CT molecular complexity index is 1150. The van der Waals surface area contributed by atoms with Gasteiger partial charge in [-0.2, -0.15) is 5.10 Å². The second-order valence-corrected chi connectivity index (χ2v) is 9.93. The number of rotatable bonds is 5. The lowest BCUT2D eigenvalue weighted by molar-refractivity contribution is -0.124. The molecule has 0 aliphatic carbocycles. The Balaban J connectivity index is 1.47. The molecule has 3 heterocycles. The average molecular weight is 527 g/mol. The molecule has 2 aromatic rings. The van der Waals surface area contributed by atoms with Crippen molar-refractivity contribution in [3.63, 3.8) is 0 Å². The van der Waals surface area contributed by atoms with Crippen LogP contribution in [0.1, 0.15) is 43.2 Å². The molecule has 2 aliphatic rings. The number of hydrogen-bond donors (Lipinski definition) is 3. The monoisotopic (exact) mass is 526 g/mol. The SMILES string of the molecule is COc1cc2cc(c1OC)CCCNC(=O)C[C@@H]1CC[C@H](CNC(=O)CC2)N1CC(=O)Nc1ccn(C)n1. The fourth-order valence-electron chi connectivity index (χ4n) is 5.35. The molecule has 4 rings (SSSR count). The number of ether oxygens (including phenoxy) is 2. The second-order valence-electron chi connectivity index (χ2n) is 9.93. The van der Waals surface area contributed by atoms with Crippen LogP contribution in [0, 0.1) is 0 Å². The molecule has 3 N–H and O–H groups in total. The molecule has 1 aromatic heterocycles. The van der Waals surface area contributed by atoms with Crippen molar-refractivity contribution in [3.8, 4) is 11.5 Å². The maximum Gasteiger partial charge on any atom is 0.239 e. The molecule has 0 radical (unpaired) electrons. The zero-order chi connectivity index (χ0) is 27.1. The predicted molar refractivity (Wildman–Crippen MR) is 142 cm³/mol. The molecule has 3 amide bonds. The first-order chi connectivity index (χ1) is 18.4. The molecule has 1 aromatic carbocycles. The summed E-state index contributed by atoms with van der Waals surface area (Å²) in [6.45, 7) is 1.08. The number of amides is 3. The Morgan fingerprint density at radius 3 is 2.63 bits per heavy atom. The maximum atomic E-state index is 12.8. The van der Waals surface area contributed by atoms with Crippen LogP contribution in [0.4, 0.5) is 5.82 Å². The molecule has 1 fully saturated rings. The first-order valence-electron chi connectivity index (χ1n) is 13.2. The molecule has 11 heteroatoms. The normalized spacial score (nSPS) is 21.2. The number of nitrogens with zero attached hydrogens (tertiary/aromatic N) is 3. The van der Waals surface area contributed by atoms with Crippen LogP contribution in [0.25, 0.3) is 0 Å². The standard InChI is InChI=1S/C27H38N6O5/c1-32-12-10-23(31-32)30-26(36)17-33-20-7-8-21(33)16-29-24(34)9-6-18-13-19(5-4-11-28-25(35)15-20)27(38-3)22(14-18)37-2/h10,12-14,20-21H,4-9,11,15-17H2,1-3H3,(H,28,35)(H,29,34)(H,30,31,36)/t20-,21+/m0/s1. The van der Waals surface area contributed by atoms with Gasteiger partial charge in [-0.25, -0.2) is 0 Å². The van der Waals surface area contributed by atoms with Crippen molar-refractivity contribution in [3.05, 3.63) is 35.5 Å². The highest BCUT2D eigenvalue weighted by molar-refractivity contribution is 5.91. The topological polar surface area (TPSA) is 127 Å². The zero-order valence-corrected chi connectivity index (χ0v) is 22.4. The number of benzene rings is 1. The van der Waals surface area contributed by atoms with Crippen molar-refractivity contribution in [2.75, 3.05) is 39.2 Å². The highest BCUT2D eigenvalue weighted by atomic mass is 16.5. The summed E-state index contributed by atoms with van der Waals surface area (Å²) >= 11 is 0. The van der Waals surface area contributed by atoms with Gasteiger partial charge in [-0.05, 0) is 49.3 Å². The Labute approximate surface area is 223 Å². The quantitative estimate of drug-likeness (QED) is 0.538. The van der Waals surface area contributed by atoms with Gasteiger partial charge in [-0.3, -0.25) is 24.0 Å². The number of aromatic nitrogens is 2. The van der Waals surface area contributed by atoms with E-state index < -0.39 is 0 Å². The third-order valence-electron chi connectivity index (χ3n) is 7.24. The van der Waals surface area contributed by atoms with Gasteiger partial charge < -0.3 is 25.4 Å². The molecule has 38 heavy (non-hydrogen) atoms. The summed E-state index contributed by atoms with van der Waals surface area (Å²) in [5, 5.41) is 13.1. The van der Waals surface area contributed by atoms with Gasteiger partial charge in [0.15, 0.2) is 17.3 Å². The number of anilines is 1. The summed E-state index contributed by atoms with van der Waals surface area (Å²) in [5.41, 5.74) is 1.99. The number of carbonyl (C=O) groups is 3. The number of fused-ring (bicyclic) bond motifs is 4. The highest BCUT2D eigenvalue weighted by Gasteiger charge is 2.36. The van der Waals surface area contributed by atoms with Gasteiger partial charge in [-0.15, -0.1) is 0 Å². The zero-order valence-electron chi connectivity index (χ0n) is 22.4. The van der Waals surface area contributed by atoms with Gasteiger partial charge in [0.1, 0.15) is 0 Å². The fourth-order valence-corrected chi connectivity index (χ4v) is 5.35. The van der Waals surface area contributed by atoms with Gasteiger partial charge in [0, 0.05) is 57.3 Å². The number of hydrogen-bond acceptors (Lipinski definition) is 7. The van der Waals surface area contributed by atoms with Crippen LogP contribution in [0.3, 0.4) is 0 Å². The van der Waals surface area contributed by atoms with E-state index in [4.69, 9.17) is 9.47 Å². The van der Waals surface area contributed by atoms with Crippen LogP contribution in [-0.2, 0) is 34.3 Å². The van der Waals surface area contributed by atoms with Crippen LogP contribution in [0.5, 0.6) is 11.5 Å². The van der Waals surface area contributed by atoms with E-state index in [1.54, 1.807) is 38.2 Å². The van der Waals surface area contributed by atoms with Crippen molar-refractivity contribution >= 4 is 23.5 Å². The highest BCUT2D eigenvalue weighted by Crippen LogP contribution is 2.34. The summed E-state index contributed by atoms with van der Waals surface area (Å²) < 4.78 is 12.7. The minimum absolute atomic E-state index is 0.0328. The molecular weight excluding hydrogens is 488 g/mol. The van der Waals surface area contributed by atoms with Crippen LogP contribution in [-0.4, -0.2) is 78.3 Å². The van der Waals surface area contributed by atoms with Crippen molar-refractivity contribution in [2.45, 2.75) is 57.0 Å². The lowest BCUT2D eigenvalue weighted by Crippen LogP contribution is -2.47. The van der Waals surface area contributed by atoms with E-state index in [0.717, 1.165) is 30.4 Å². The van der Waals surface area contributed by atoms with E-state index >= 15 is 0 Å². The Kier molecular flexibility index (Phi) is 9.22. The van der Waals surface area contributed by atoms with Crippen molar-refractivity contribution in [2.24, 2.45) is 7.05 Å². The van der Waals surface area contributed by atoms with Crippen LogP contribution in [0.15, 0.2) is 24.4 Å². The van der Waals surface area contributed by atoms with E-state index in [0.29, 0.717) is 56.1 Å². The minimum Gasteiger partial charge on any atom is -0.493 e. The largest absolute Gasteiger partial charge is 0.493 e. The maximum absolute atomic E-state index is 12.8. The Morgan fingerprint density at radius 1 is 1.08 bits per heavy atom. The summed E-state index contributed by atoms with van der Waals surface area (Å²) in [6, 6.07) is 5.58. The van der Waals surface area contributed by atoms with Crippen molar-refractivity contribution in [1.82, 2.24) is 25.3 Å². The van der Waals surface area contributed by atoms with Crippen molar-refractivity contribution in [1.29, 1.82) is 0 Å². The molecular formula is C27H38N6O5. The number of carbonyl (C=O) groups excluding carboxylic acids is 3. The summed E-state index contributed by atoms with van der Waals surface area (Å²) in [5.74, 6) is 1.52. The van der Waals surface area contributed by atoms with Gasteiger partial charge in [-0.1, -0.05) is 6.07 Å². The van der Waals surface area contributed by atoms with Gasteiger partial charge in [0.25, 0.3) is 0 Å². The molecule has 0 saturated carbocycles. The molecule has 0 unspecified atom stereocenters. The predicted octanol–water partition coefficient (Wildman–Crippen LogP) is 1.41. The Hall–Kier alpha value is -3.60. The van der Waals surface area contributed by atoms with E-state index in [-0.39, 0.29) is 36.3 Å². The van der Waals surface area contributed by atoms with E-state index in [1.807, 2.05) is 6.07 Å². The Morgan fingerprint density at radius 2 is 1.89 bits per heavy atom. The molecule has 4 bridgehead atoms. The van der Waals surface area contributed by atoms with Gasteiger partial charge in [0.2, 0.25) is 17.7 Å². The van der Waals surface area contributed by atoms with E-state index in [2.05, 4.69) is 32.0 Å². The van der Waals surface area contributed by atoms with Crippen molar-refractivity contribution < 1.29 is 23.9 Å². The molecule has 11 nitrogen and oxygen atoms in total. The third kappa shape index (κ3) is 7.03. The average Bonchev–Trinajstić information content (AvgIpc) is 3.47. The van der Waals surface area contributed by atoms with Crippen LogP contribution < -0.4 is 25.4 Å². The molecule has 2 aliphatic heterocycles. The second kappa shape index (κ2) is 12.8. The van der Waals surface area contributed by atoms with Gasteiger partial charge >= 0.3 is 0 Å². The smallest absolute Gasteiger partial charge is 0.239 e. The molecule has 1 saturated heterocycles. The summed E-state index contributed by atoms with van der Waals surface area (Å²) in [7, 11) is 5.00. The lowest BCUT2D eigenvalue weighted by Gasteiger charge is -2.29. The number of nitrogens with one attached hydrogen (secondary N) is 3. The first-order valence-corrected chi connectivity index (χ1v) is 13.2. The fraction of sp³-hybridized carbons (Fsp3) is 0.556. The van der Waals surface area contributed by atoms with E-state index in [9.17, 15) is 14.4 Å². The van der Waals surface area contributed by atoms with Crippen LogP contribution in [0.2, 0.25) is 0 Å². The lowest BCUT2D eigenvalue weighted by atomic mass is 10.0. The molecule has 2 atom stereocenters. The summed E-state index contributed by atoms with van der Waals surface area (Å²) in [4.78, 5) is 40.5. The minimum atomic E-state index is -0.194. The third-order valence-corrected chi connectivity index (χ3v) is 7.24. The first kappa shape index (κ1) is 27.4. The van der Waals surface area contributed by atoms with Gasteiger partial charge in [0.05, 0.1) is 20.8 Å².